The van der Waals surface area contributed by atoms with E-state index in [2.05, 4.69) is 6.92 Å². The summed E-state index contributed by atoms with van der Waals surface area (Å²) in [4.78, 5) is 0. The molecule has 1 aliphatic rings. The van der Waals surface area contributed by atoms with Gasteiger partial charge in [0.05, 0.1) is 0 Å². The summed E-state index contributed by atoms with van der Waals surface area (Å²) in [5.41, 5.74) is -1.91. The van der Waals surface area contributed by atoms with Crippen LogP contribution in [0.3, 0.4) is 0 Å². The van der Waals surface area contributed by atoms with Gasteiger partial charge in [0.1, 0.15) is 5.60 Å². The summed E-state index contributed by atoms with van der Waals surface area (Å²) in [6.45, 7) is 3.42. The van der Waals surface area contributed by atoms with Gasteiger partial charge in [-0.2, -0.15) is 0 Å². The third-order valence-corrected chi connectivity index (χ3v) is 5.22. The van der Waals surface area contributed by atoms with Gasteiger partial charge in [-0.3, -0.25) is 0 Å². The van der Waals surface area contributed by atoms with Crippen LogP contribution < -0.4 is 0 Å². The summed E-state index contributed by atoms with van der Waals surface area (Å²) >= 11 is 0. The fourth-order valence-corrected chi connectivity index (χ4v) is 3.38. The second kappa shape index (κ2) is 8.06. The highest BCUT2D eigenvalue weighted by molar-refractivity contribution is 5.04. The van der Waals surface area contributed by atoms with E-state index in [9.17, 15) is 25.5 Å². The zero-order valence-electron chi connectivity index (χ0n) is 14.1. The molecule has 1 rings (SSSR count). The maximum absolute atomic E-state index is 10.1. The number of rotatable bonds is 9. The van der Waals surface area contributed by atoms with Crippen LogP contribution in [0.2, 0.25) is 0 Å². The van der Waals surface area contributed by atoms with Gasteiger partial charge in [0.2, 0.25) is 11.6 Å². The minimum Gasteiger partial charge on any atom is -0.384 e. The average Bonchev–Trinajstić information content (AvgIpc) is 2.42. The molecule has 2 atom stereocenters. The summed E-state index contributed by atoms with van der Waals surface area (Å²) in [6.07, 6.45) is 10.3. The first-order valence-corrected chi connectivity index (χ1v) is 8.78. The lowest BCUT2D eigenvalue weighted by molar-refractivity contribution is -0.437. The Kier molecular flexibility index (Phi) is 7.27. The first-order valence-electron chi connectivity index (χ1n) is 8.78. The SMILES string of the molecule is CCCCCCCCCCC1CCC(C)(O)C(O)(O)C1(O)O. The zero-order valence-corrected chi connectivity index (χ0v) is 14.1. The van der Waals surface area contributed by atoms with E-state index in [4.69, 9.17) is 0 Å². The van der Waals surface area contributed by atoms with Gasteiger partial charge in [-0.15, -0.1) is 0 Å². The van der Waals surface area contributed by atoms with Crippen LogP contribution in [0.1, 0.15) is 84.5 Å². The smallest absolute Gasteiger partial charge is 0.248 e. The topological polar surface area (TPSA) is 101 Å². The molecule has 0 amide bonds. The Labute approximate surface area is 134 Å². The molecule has 132 valence electrons. The highest BCUT2D eigenvalue weighted by atomic mass is 16.6. The fourth-order valence-electron chi connectivity index (χ4n) is 3.38. The van der Waals surface area contributed by atoms with Crippen molar-refractivity contribution in [3.8, 4) is 0 Å². The molecule has 22 heavy (non-hydrogen) atoms. The van der Waals surface area contributed by atoms with Crippen molar-refractivity contribution < 1.29 is 25.5 Å². The predicted molar refractivity (Wildman–Crippen MR) is 84.9 cm³/mol. The Hall–Kier alpha value is -0.200. The molecule has 1 fully saturated rings. The van der Waals surface area contributed by atoms with Crippen molar-refractivity contribution in [1.29, 1.82) is 0 Å². The molecule has 0 aromatic rings. The molecule has 1 aliphatic carbocycles. The monoisotopic (exact) mass is 318 g/mol. The highest BCUT2D eigenvalue weighted by Gasteiger charge is 2.64. The molecule has 2 unspecified atom stereocenters. The molecule has 0 aliphatic heterocycles. The van der Waals surface area contributed by atoms with Crippen LogP contribution in [-0.2, 0) is 0 Å². The molecule has 5 nitrogen and oxygen atoms in total. The van der Waals surface area contributed by atoms with E-state index in [-0.39, 0.29) is 6.42 Å². The van der Waals surface area contributed by atoms with E-state index in [1.807, 2.05) is 0 Å². The highest BCUT2D eigenvalue weighted by Crippen LogP contribution is 2.45. The van der Waals surface area contributed by atoms with Crippen LogP contribution in [0, 0.1) is 5.92 Å². The number of aliphatic hydroxyl groups is 5. The molecule has 0 saturated heterocycles. The molecule has 1 saturated carbocycles. The fraction of sp³-hybridized carbons (Fsp3) is 1.00. The van der Waals surface area contributed by atoms with Crippen LogP contribution >= 0.6 is 0 Å². The van der Waals surface area contributed by atoms with E-state index in [0.717, 1.165) is 19.3 Å². The molecular formula is C17H34O5. The molecule has 0 aromatic heterocycles. The molecular weight excluding hydrogens is 284 g/mol. The van der Waals surface area contributed by atoms with E-state index < -0.39 is 23.1 Å². The van der Waals surface area contributed by atoms with Crippen LogP contribution in [0.25, 0.3) is 0 Å². The van der Waals surface area contributed by atoms with Gasteiger partial charge in [0, 0.05) is 5.92 Å². The van der Waals surface area contributed by atoms with E-state index >= 15 is 0 Å². The van der Waals surface area contributed by atoms with Crippen molar-refractivity contribution in [2.75, 3.05) is 0 Å². The largest absolute Gasteiger partial charge is 0.384 e. The lowest BCUT2D eigenvalue weighted by Crippen LogP contribution is -2.72. The van der Waals surface area contributed by atoms with Gasteiger partial charge >= 0.3 is 0 Å². The molecule has 0 heterocycles. The Bertz CT molecular complexity index is 325. The number of unbranched alkanes of at least 4 members (excludes halogenated alkanes) is 7. The third kappa shape index (κ3) is 4.42. The van der Waals surface area contributed by atoms with Crippen molar-refractivity contribution in [2.45, 2.75) is 102 Å². The van der Waals surface area contributed by atoms with E-state index in [0.29, 0.717) is 12.8 Å². The van der Waals surface area contributed by atoms with Crippen molar-refractivity contribution in [1.82, 2.24) is 0 Å². The first kappa shape index (κ1) is 19.8. The van der Waals surface area contributed by atoms with Gasteiger partial charge in [-0.05, 0) is 26.2 Å². The first-order chi connectivity index (χ1) is 10.2. The van der Waals surface area contributed by atoms with Crippen LogP contribution in [0.5, 0.6) is 0 Å². The number of hydrogen-bond acceptors (Lipinski definition) is 5. The maximum atomic E-state index is 10.1. The summed E-state index contributed by atoms with van der Waals surface area (Å²) < 4.78 is 0. The van der Waals surface area contributed by atoms with E-state index in [1.54, 1.807) is 0 Å². The van der Waals surface area contributed by atoms with Gasteiger partial charge in [-0.1, -0.05) is 58.3 Å². The molecule has 5 heteroatoms. The second-order valence-corrected chi connectivity index (χ2v) is 7.17. The zero-order chi connectivity index (χ0) is 16.9. The summed E-state index contributed by atoms with van der Waals surface area (Å²) in [5.74, 6) is -6.19. The van der Waals surface area contributed by atoms with Gasteiger partial charge in [-0.25, -0.2) is 0 Å². The molecule has 0 radical (unpaired) electrons. The minimum atomic E-state index is -2.90. The van der Waals surface area contributed by atoms with Crippen molar-refractivity contribution in [3.63, 3.8) is 0 Å². The molecule has 0 bridgehead atoms. The molecule has 5 N–H and O–H groups in total. The van der Waals surface area contributed by atoms with Crippen LogP contribution in [0.15, 0.2) is 0 Å². The van der Waals surface area contributed by atoms with E-state index in [1.165, 1.54) is 39.0 Å². The van der Waals surface area contributed by atoms with Gasteiger partial charge in [0.15, 0.2) is 0 Å². The Morgan fingerprint density at radius 3 is 1.86 bits per heavy atom. The van der Waals surface area contributed by atoms with Crippen molar-refractivity contribution in [3.05, 3.63) is 0 Å². The maximum Gasteiger partial charge on any atom is 0.248 e. The Balaban J connectivity index is 2.32. The van der Waals surface area contributed by atoms with Gasteiger partial charge < -0.3 is 25.5 Å². The quantitative estimate of drug-likeness (QED) is 0.331. The summed E-state index contributed by atoms with van der Waals surface area (Å²) in [5, 5.41) is 50.0. The minimum absolute atomic E-state index is 0.143. The third-order valence-electron chi connectivity index (χ3n) is 5.22. The second-order valence-electron chi connectivity index (χ2n) is 7.17. The van der Waals surface area contributed by atoms with Crippen LogP contribution in [0.4, 0.5) is 0 Å². The summed E-state index contributed by atoms with van der Waals surface area (Å²) in [6, 6.07) is 0. The predicted octanol–water partition coefficient (Wildman–Crippen LogP) is 2.04. The number of hydrogen-bond donors (Lipinski definition) is 5. The van der Waals surface area contributed by atoms with Crippen molar-refractivity contribution in [2.24, 2.45) is 5.92 Å². The lowest BCUT2D eigenvalue weighted by atomic mass is 9.69. The molecule has 0 aromatic carbocycles. The summed E-state index contributed by atoms with van der Waals surface area (Å²) in [7, 11) is 0. The Morgan fingerprint density at radius 1 is 0.818 bits per heavy atom. The normalized spacial score (nSPS) is 30.4. The van der Waals surface area contributed by atoms with Crippen LogP contribution in [-0.4, -0.2) is 42.7 Å². The van der Waals surface area contributed by atoms with Crippen molar-refractivity contribution >= 4 is 0 Å². The lowest BCUT2D eigenvalue weighted by Gasteiger charge is -2.52. The Morgan fingerprint density at radius 2 is 1.32 bits per heavy atom. The average molecular weight is 318 g/mol. The standard InChI is InChI=1S/C17H34O5/c1-3-4-5-6-7-8-9-10-11-14-12-13-15(2,18)17(21,22)16(14,19)20/h14,18-22H,3-13H2,1-2H3. The van der Waals surface area contributed by atoms with Gasteiger partial charge in [0.25, 0.3) is 0 Å². The molecule has 0 spiro atoms.